The highest BCUT2D eigenvalue weighted by atomic mass is 35.5. The molecule has 0 amide bonds. The van der Waals surface area contributed by atoms with Crippen molar-refractivity contribution in [2.75, 3.05) is 6.54 Å². The van der Waals surface area contributed by atoms with E-state index in [1.54, 1.807) is 17.1 Å². The first-order valence-electron chi connectivity index (χ1n) is 4.88. The van der Waals surface area contributed by atoms with Crippen LogP contribution in [-0.4, -0.2) is 16.3 Å². The Kier molecular flexibility index (Phi) is 4.60. The highest BCUT2D eigenvalue weighted by Crippen LogP contribution is 2.20. The Morgan fingerprint density at radius 1 is 1.18 bits per heavy atom. The number of benzene rings is 1. The number of hydrogen-bond donors (Lipinski definition) is 1. The molecule has 3 nitrogen and oxygen atoms in total. The van der Waals surface area contributed by atoms with Crippen molar-refractivity contribution in [1.29, 1.82) is 0 Å². The average molecular weight is 260 g/mol. The molecule has 6 heteroatoms. The summed E-state index contributed by atoms with van der Waals surface area (Å²) in [7, 11) is 0. The van der Waals surface area contributed by atoms with Gasteiger partial charge in [-0.1, -0.05) is 6.07 Å². The Hall–Kier alpha value is -1.46. The minimum absolute atomic E-state index is 0. The predicted molar refractivity (Wildman–Crippen MR) is 63.9 cm³/mol. The fourth-order valence-corrected chi connectivity index (χ4v) is 1.44. The van der Waals surface area contributed by atoms with Crippen molar-refractivity contribution in [3.63, 3.8) is 0 Å². The molecular weight excluding hydrogens is 248 g/mol. The summed E-state index contributed by atoms with van der Waals surface area (Å²) in [6, 6.07) is 3.77. The summed E-state index contributed by atoms with van der Waals surface area (Å²) in [6.45, 7) is 1.09. The lowest BCUT2D eigenvalue weighted by Gasteiger charge is -1.98. The summed E-state index contributed by atoms with van der Waals surface area (Å²) >= 11 is 0. The van der Waals surface area contributed by atoms with E-state index in [0.717, 1.165) is 17.7 Å². The molecule has 0 aliphatic heterocycles. The Bertz CT molecular complexity index is 499. The van der Waals surface area contributed by atoms with Crippen LogP contribution in [-0.2, 0) is 6.54 Å². The van der Waals surface area contributed by atoms with Gasteiger partial charge in [-0.2, -0.15) is 5.10 Å². The van der Waals surface area contributed by atoms with E-state index in [4.69, 9.17) is 5.73 Å². The molecular formula is C11H12ClF2N3. The number of rotatable bonds is 3. The van der Waals surface area contributed by atoms with Gasteiger partial charge in [-0.05, 0) is 17.7 Å². The SMILES string of the molecule is Cl.NCCn1cc(-c2ccc(F)c(F)c2)cn1. The molecule has 0 saturated heterocycles. The Balaban J connectivity index is 0.00000144. The van der Waals surface area contributed by atoms with E-state index in [1.165, 1.54) is 6.07 Å². The van der Waals surface area contributed by atoms with Gasteiger partial charge in [0, 0.05) is 18.3 Å². The monoisotopic (exact) mass is 259 g/mol. The number of nitrogens with zero attached hydrogens (tertiary/aromatic N) is 2. The lowest BCUT2D eigenvalue weighted by Crippen LogP contribution is -2.09. The van der Waals surface area contributed by atoms with Crippen molar-refractivity contribution in [2.24, 2.45) is 5.73 Å². The molecule has 17 heavy (non-hydrogen) atoms. The van der Waals surface area contributed by atoms with Crippen LogP contribution in [0.25, 0.3) is 11.1 Å². The number of nitrogens with two attached hydrogens (primary N) is 1. The normalized spacial score (nSPS) is 10.1. The van der Waals surface area contributed by atoms with Gasteiger partial charge < -0.3 is 5.73 Å². The summed E-state index contributed by atoms with van der Waals surface area (Å²) in [5.74, 6) is -1.71. The molecule has 2 aromatic rings. The first-order valence-corrected chi connectivity index (χ1v) is 4.88. The molecule has 1 aromatic carbocycles. The molecule has 92 valence electrons. The molecule has 0 bridgehead atoms. The zero-order chi connectivity index (χ0) is 11.5. The number of halogens is 3. The van der Waals surface area contributed by atoms with Gasteiger partial charge in [0.15, 0.2) is 11.6 Å². The van der Waals surface area contributed by atoms with Crippen molar-refractivity contribution in [3.8, 4) is 11.1 Å². The van der Waals surface area contributed by atoms with Crippen LogP contribution < -0.4 is 5.73 Å². The minimum atomic E-state index is -0.857. The van der Waals surface area contributed by atoms with E-state index in [2.05, 4.69) is 5.10 Å². The minimum Gasteiger partial charge on any atom is -0.329 e. The smallest absolute Gasteiger partial charge is 0.159 e. The summed E-state index contributed by atoms with van der Waals surface area (Å²) < 4.78 is 27.4. The maximum atomic E-state index is 13.0. The molecule has 0 saturated carbocycles. The first kappa shape index (κ1) is 13.6. The topological polar surface area (TPSA) is 43.8 Å². The van der Waals surface area contributed by atoms with Crippen molar-refractivity contribution < 1.29 is 8.78 Å². The van der Waals surface area contributed by atoms with Crippen molar-refractivity contribution in [2.45, 2.75) is 6.54 Å². The maximum absolute atomic E-state index is 13.0. The van der Waals surface area contributed by atoms with Crippen LogP contribution in [0.4, 0.5) is 8.78 Å². The molecule has 1 heterocycles. The van der Waals surface area contributed by atoms with Gasteiger partial charge in [-0.15, -0.1) is 12.4 Å². The van der Waals surface area contributed by atoms with E-state index in [9.17, 15) is 8.78 Å². The Morgan fingerprint density at radius 3 is 2.59 bits per heavy atom. The second-order valence-electron chi connectivity index (χ2n) is 3.41. The molecule has 2 rings (SSSR count). The maximum Gasteiger partial charge on any atom is 0.159 e. The van der Waals surface area contributed by atoms with Crippen LogP contribution in [0.1, 0.15) is 0 Å². The number of hydrogen-bond acceptors (Lipinski definition) is 2. The van der Waals surface area contributed by atoms with E-state index in [0.29, 0.717) is 18.7 Å². The van der Waals surface area contributed by atoms with Gasteiger partial charge in [0.05, 0.1) is 12.7 Å². The summed E-state index contributed by atoms with van der Waals surface area (Å²) in [6.07, 6.45) is 3.35. The van der Waals surface area contributed by atoms with Gasteiger partial charge >= 0.3 is 0 Å². The van der Waals surface area contributed by atoms with E-state index in [-0.39, 0.29) is 12.4 Å². The van der Waals surface area contributed by atoms with Gasteiger partial charge in [0.25, 0.3) is 0 Å². The van der Waals surface area contributed by atoms with Crippen LogP contribution in [0.15, 0.2) is 30.6 Å². The Morgan fingerprint density at radius 2 is 1.94 bits per heavy atom. The summed E-state index contributed by atoms with van der Waals surface area (Å²) in [5, 5.41) is 4.05. The van der Waals surface area contributed by atoms with Crippen molar-refractivity contribution in [3.05, 3.63) is 42.2 Å². The fourth-order valence-electron chi connectivity index (χ4n) is 1.44. The third-order valence-electron chi connectivity index (χ3n) is 2.24. The highest BCUT2D eigenvalue weighted by molar-refractivity contribution is 5.85. The molecule has 0 aliphatic carbocycles. The third-order valence-corrected chi connectivity index (χ3v) is 2.24. The lowest BCUT2D eigenvalue weighted by molar-refractivity contribution is 0.509. The number of aromatic nitrogens is 2. The van der Waals surface area contributed by atoms with Crippen LogP contribution in [0, 0.1) is 11.6 Å². The first-order chi connectivity index (χ1) is 7.70. The Labute approximate surface area is 104 Å². The van der Waals surface area contributed by atoms with Crippen LogP contribution in [0.3, 0.4) is 0 Å². The summed E-state index contributed by atoms with van der Waals surface area (Å²) in [4.78, 5) is 0. The zero-order valence-electron chi connectivity index (χ0n) is 8.94. The standard InChI is InChI=1S/C11H11F2N3.ClH/c12-10-2-1-8(5-11(10)13)9-6-15-16(7-9)4-3-14;/h1-2,5-7H,3-4,14H2;1H. The second kappa shape index (κ2) is 5.75. The molecule has 0 fully saturated rings. The largest absolute Gasteiger partial charge is 0.329 e. The summed E-state index contributed by atoms with van der Waals surface area (Å²) in [5.41, 5.74) is 6.72. The molecule has 0 atom stereocenters. The van der Waals surface area contributed by atoms with Gasteiger partial charge in [-0.3, -0.25) is 4.68 Å². The molecule has 0 aliphatic rings. The quantitative estimate of drug-likeness (QED) is 0.918. The van der Waals surface area contributed by atoms with Crippen LogP contribution in [0.5, 0.6) is 0 Å². The fraction of sp³-hybridized carbons (Fsp3) is 0.182. The van der Waals surface area contributed by atoms with Gasteiger partial charge in [0.1, 0.15) is 0 Å². The molecule has 1 aromatic heterocycles. The molecule has 2 N–H and O–H groups in total. The molecule has 0 unspecified atom stereocenters. The van der Waals surface area contributed by atoms with Gasteiger partial charge in [-0.25, -0.2) is 8.78 Å². The lowest BCUT2D eigenvalue weighted by atomic mass is 10.1. The second-order valence-corrected chi connectivity index (χ2v) is 3.41. The van der Waals surface area contributed by atoms with Crippen molar-refractivity contribution >= 4 is 12.4 Å². The van der Waals surface area contributed by atoms with Crippen molar-refractivity contribution in [1.82, 2.24) is 9.78 Å². The predicted octanol–water partition coefficient (Wildman–Crippen LogP) is 2.21. The third kappa shape index (κ3) is 3.01. The van der Waals surface area contributed by atoms with Crippen LogP contribution >= 0.6 is 12.4 Å². The average Bonchev–Trinajstić information content (AvgIpc) is 2.71. The van der Waals surface area contributed by atoms with E-state index < -0.39 is 11.6 Å². The molecule has 0 spiro atoms. The molecule has 0 radical (unpaired) electrons. The van der Waals surface area contributed by atoms with Gasteiger partial charge in [0.2, 0.25) is 0 Å². The van der Waals surface area contributed by atoms with E-state index >= 15 is 0 Å². The van der Waals surface area contributed by atoms with E-state index in [1.807, 2.05) is 0 Å². The van der Waals surface area contributed by atoms with Crippen LogP contribution in [0.2, 0.25) is 0 Å². The highest BCUT2D eigenvalue weighted by Gasteiger charge is 2.06. The zero-order valence-corrected chi connectivity index (χ0v) is 9.75.